The lowest BCUT2D eigenvalue weighted by atomic mass is 10.0. The van der Waals surface area contributed by atoms with Gasteiger partial charge in [0.15, 0.2) is 0 Å². The van der Waals surface area contributed by atoms with Gasteiger partial charge in [0.1, 0.15) is 0 Å². The molecule has 0 saturated heterocycles. The maximum Gasteiger partial charge on any atom is 0.0911 e. The van der Waals surface area contributed by atoms with Gasteiger partial charge in [-0.05, 0) is 44.0 Å². The zero-order valence-electron chi connectivity index (χ0n) is 11.4. The Bertz CT molecular complexity index is 787. The fourth-order valence-corrected chi connectivity index (χ4v) is 5.52. The van der Waals surface area contributed by atoms with E-state index in [2.05, 4.69) is 41.7 Å². The lowest BCUT2D eigenvalue weighted by Crippen LogP contribution is -2.46. The zero-order valence-corrected chi connectivity index (χ0v) is 17.6. The minimum absolute atomic E-state index is 0.633. The predicted octanol–water partition coefficient (Wildman–Crippen LogP) is 7.12. The summed E-state index contributed by atoms with van der Waals surface area (Å²) in [6.45, 7) is 1.97. The molecule has 0 spiro atoms. The fourth-order valence-electron chi connectivity index (χ4n) is 3.23. The lowest BCUT2D eigenvalue weighted by Gasteiger charge is -2.46. The Hall–Kier alpha value is 0.160. The highest BCUT2D eigenvalue weighted by Gasteiger charge is 2.35. The van der Waals surface area contributed by atoms with Gasteiger partial charge in [0, 0.05) is 33.2 Å². The van der Waals surface area contributed by atoms with Crippen molar-refractivity contribution < 1.29 is 0 Å². The van der Waals surface area contributed by atoms with Gasteiger partial charge in [-0.3, -0.25) is 0 Å². The molecule has 8 heteroatoms. The summed E-state index contributed by atoms with van der Waals surface area (Å²) in [5.41, 5.74) is 3.93. The second-order valence-corrected chi connectivity index (χ2v) is 8.78. The number of benzene rings is 2. The van der Waals surface area contributed by atoms with Crippen molar-refractivity contribution in [3.05, 3.63) is 52.3 Å². The molecule has 4 rings (SSSR count). The number of halogens is 6. The van der Waals surface area contributed by atoms with Crippen LogP contribution in [-0.4, -0.2) is 6.67 Å². The van der Waals surface area contributed by atoms with Crippen LogP contribution in [0, 0.1) is 0 Å². The molecule has 120 valence electrons. The molecule has 0 aromatic heterocycles. The molecule has 0 saturated carbocycles. The first-order valence-corrected chi connectivity index (χ1v) is 9.81. The third-order valence-electron chi connectivity index (χ3n) is 4.15. The number of fused-ring (bicyclic) bond motifs is 6. The van der Waals surface area contributed by atoms with Gasteiger partial charge in [-0.25, -0.2) is 0 Å². The average Bonchev–Trinajstić information content (AvgIpc) is 2.49. The summed E-state index contributed by atoms with van der Waals surface area (Å²) in [5.74, 6) is 0. The van der Waals surface area contributed by atoms with E-state index in [-0.39, 0.29) is 0 Å². The maximum atomic E-state index is 6.49. The molecule has 2 bridgehead atoms. The van der Waals surface area contributed by atoms with Crippen molar-refractivity contribution in [2.75, 3.05) is 16.5 Å². The quantitative estimate of drug-likeness (QED) is 0.343. The Kier molecular flexibility index (Phi) is 4.23. The van der Waals surface area contributed by atoms with Crippen LogP contribution in [0.4, 0.5) is 11.4 Å². The van der Waals surface area contributed by atoms with E-state index in [1.54, 1.807) is 0 Å². The molecule has 0 atom stereocenters. The molecule has 0 aliphatic carbocycles. The smallest absolute Gasteiger partial charge is 0.0911 e. The van der Waals surface area contributed by atoms with Crippen LogP contribution in [0.2, 0.25) is 20.1 Å². The van der Waals surface area contributed by atoms with Gasteiger partial charge in [-0.15, -0.1) is 0 Å². The molecule has 2 aromatic rings. The lowest BCUT2D eigenvalue weighted by molar-refractivity contribution is 0.651. The normalized spacial score (nSPS) is 15.6. The standard InChI is InChI=1S/C15H8Br2Cl4N2/c16-8-1-10(18)14-6(12(8)20)3-23-5-22(14)4-7-13(21)9(17)2-11(19)15(7)23/h1-2H,3-5H2. The molecule has 0 radical (unpaired) electrons. The van der Waals surface area contributed by atoms with Gasteiger partial charge in [0.25, 0.3) is 0 Å². The van der Waals surface area contributed by atoms with Gasteiger partial charge < -0.3 is 9.80 Å². The number of nitrogens with zero attached hydrogens (tertiary/aromatic N) is 2. The topological polar surface area (TPSA) is 6.48 Å². The van der Waals surface area contributed by atoms with E-state index in [1.807, 2.05) is 12.1 Å². The molecule has 0 N–H and O–H groups in total. The van der Waals surface area contributed by atoms with Crippen LogP contribution >= 0.6 is 78.3 Å². The molecule has 2 aliphatic rings. The van der Waals surface area contributed by atoms with Crippen molar-refractivity contribution in [3.8, 4) is 0 Å². The van der Waals surface area contributed by atoms with Crippen molar-refractivity contribution in [2.24, 2.45) is 0 Å². The van der Waals surface area contributed by atoms with E-state index >= 15 is 0 Å². The number of rotatable bonds is 0. The third-order valence-corrected chi connectivity index (χ3v) is 7.30. The summed E-state index contributed by atoms with van der Waals surface area (Å²) in [6, 6.07) is 3.67. The first-order valence-electron chi connectivity index (χ1n) is 6.71. The Morgan fingerprint density at radius 3 is 1.52 bits per heavy atom. The van der Waals surface area contributed by atoms with Crippen LogP contribution in [0.15, 0.2) is 21.1 Å². The summed E-state index contributed by atoms with van der Waals surface area (Å²) in [5, 5.41) is 2.72. The third kappa shape index (κ3) is 2.49. The molecule has 0 unspecified atom stereocenters. The average molecular weight is 518 g/mol. The monoisotopic (exact) mass is 514 g/mol. The summed E-state index contributed by atoms with van der Waals surface area (Å²) in [4.78, 5) is 4.35. The number of hydrogen-bond donors (Lipinski definition) is 0. The Morgan fingerprint density at radius 1 is 0.739 bits per heavy atom. The molecule has 23 heavy (non-hydrogen) atoms. The van der Waals surface area contributed by atoms with E-state index in [1.165, 1.54) is 0 Å². The van der Waals surface area contributed by atoms with Crippen molar-refractivity contribution in [1.29, 1.82) is 0 Å². The molecular formula is C15H8Br2Cl4N2. The minimum Gasteiger partial charge on any atom is -0.348 e. The van der Waals surface area contributed by atoms with E-state index in [0.29, 0.717) is 39.8 Å². The van der Waals surface area contributed by atoms with Gasteiger partial charge in [-0.2, -0.15) is 0 Å². The van der Waals surface area contributed by atoms with Crippen molar-refractivity contribution >= 4 is 89.6 Å². The summed E-state index contributed by atoms with van der Waals surface area (Å²) < 4.78 is 1.59. The second kappa shape index (κ2) is 5.86. The second-order valence-electron chi connectivity index (χ2n) is 5.50. The summed E-state index contributed by atoms with van der Waals surface area (Å²) >= 11 is 32.9. The number of hydrogen-bond acceptors (Lipinski definition) is 2. The predicted molar refractivity (Wildman–Crippen MR) is 106 cm³/mol. The molecule has 2 aliphatic heterocycles. The van der Waals surface area contributed by atoms with Gasteiger partial charge >= 0.3 is 0 Å². The highest BCUT2D eigenvalue weighted by Crippen LogP contribution is 2.50. The minimum atomic E-state index is 0.633. The SMILES string of the molecule is Clc1cc(Br)c(Cl)c2c1N1Cc3c(Cl)c(Br)cc(Cl)c3N(C2)C1. The first kappa shape index (κ1) is 16.6. The van der Waals surface area contributed by atoms with E-state index in [9.17, 15) is 0 Å². The van der Waals surface area contributed by atoms with Crippen LogP contribution in [0.5, 0.6) is 0 Å². The Morgan fingerprint density at radius 2 is 1.13 bits per heavy atom. The maximum absolute atomic E-state index is 6.49. The van der Waals surface area contributed by atoms with Crippen LogP contribution in [0.25, 0.3) is 0 Å². The van der Waals surface area contributed by atoms with E-state index < -0.39 is 0 Å². The van der Waals surface area contributed by atoms with Crippen LogP contribution in [0.3, 0.4) is 0 Å². The highest BCUT2D eigenvalue weighted by molar-refractivity contribution is 9.10. The van der Waals surface area contributed by atoms with Gasteiger partial charge in [0.05, 0.1) is 38.1 Å². The van der Waals surface area contributed by atoms with E-state index in [4.69, 9.17) is 46.4 Å². The van der Waals surface area contributed by atoms with Crippen LogP contribution in [-0.2, 0) is 13.1 Å². The Labute approximate surface area is 170 Å². The molecule has 2 aromatic carbocycles. The molecule has 2 nitrogen and oxygen atoms in total. The highest BCUT2D eigenvalue weighted by atomic mass is 79.9. The summed E-state index contributed by atoms with van der Waals surface area (Å²) in [6.07, 6.45) is 0. The molecule has 0 fully saturated rings. The Balaban J connectivity index is 1.94. The van der Waals surface area contributed by atoms with Crippen molar-refractivity contribution in [3.63, 3.8) is 0 Å². The van der Waals surface area contributed by atoms with Crippen LogP contribution in [0.1, 0.15) is 11.1 Å². The van der Waals surface area contributed by atoms with Crippen LogP contribution < -0.4 is 9.80 Å². The van der Waals surface area contributed by atoms with Gasteiger partial charge in [0.2, 0.25) is 0 Å². The molecule has 0 amide bonds. The number of anilines is 2. The molecule has 2 heterocycles. The first-order chi connectivity index (χ1) is 10.9. The zero-order chi connectivity index (χ0) is 16.5. The van der Waals surface area contributed by atoms with E-state index in [0.717, 1.165) is 31.4 Å². The molecular weight excluding hydrogens is 510 g/mol. The van der Waals surface area contributed by atoms with Crippen molar-refractivity contribution in [2.45, 2.75) is 13.1 Å². The van der Waals surface area contributed by atoms with Gasteiger partial charge in [-0.1, -0.05) is 46.4 Å². The largest absolute Gasteiger partial charge is 0.348 e. The fraction of sp³-hybridized carbons (Fsp3) is 0.200. The summed E-state index contributed by atoms with van der Waals surface area (Å²) in [7, 11) is 0. The van der Waals surface area contributed by atoms with Crippen molar-refractivity contribution in [1.82, 2.24) is 0 Å².